The smallest absolute Gasteiger partial charge is 0.234 e. The molecule has 2 N–H and O–H groups in total. The van der Waals surface area contributed by atoms with Gasteiger partial charge in [-0.3, -0.25) is 4.79 Å². The predicted molar refractivity (Wildman–Crippen MR) is 108 cm³/mol. The molecule has 2 aliphatic heterocycles. The van der Waals surface area contributed by atoms with Crippen molar-refractivity contribution in [1.82, 2.24) is 9.97 Å². The molecule has 1 aromatic heterocycles. The Morgan fingerprint density at radius 2 is 2.23 bits per heavy atom. The second-order valence-electron chi connectivity index (χ2n) is 7.22. The van der Waals surface area contributed by atoms with Crippen molar-refractivity contribution in [2.45, 2.75) is 25.0 Å². The summed E-state index contributed by atoms with van der Waals surface area (Å²) in [7, 11) is 0. The zero-order chi connectivity index (χ0) is 21.3. The summed E-state index contributed by atoms with van der Waals surface area (Å²) in [6.07, 6.45) is 2.32. The molecule has 7 nitrogen and oxygen atoms in total. The van der Waals surface area contributed by atoms with Gasteiger partial charge in [-0.15, -0.1) is 0 Å². The Bertz CT molecular complexity index is 989. The molecule has 2 aromatic rings. The van der Waals surface area contributed by atoms with Crippen molar-refractivity contribution >= 4 is 22.7 Å². The lowest BCUT2D eigenvalue weighted by Crippen LogP contribution is -2.41. The predicted octanol–water partition coefficient (Wildman–Crippen LogP) is 2.64. The highest BCUT2D eigenvalue weighted by atomic mass is 32.2. The van der Waals surface area contributed by atoms with Crippen LogP contribution >= 0.6 is 11.8 Å². The first-order valence-electron chi connectivity index (χ1n) is 9.35. The van der Waals surface area contributed by atoms with Gasteiger partial charge in [0.1, 0.15) is 17.1 Å². The van der Waals surface area contributed by atoms with Crippen LogP contribution < -0.4 is 10.5 Å². The minimum atomic E-state index is -1.03. The van der Waals surface area contributed by atoms with E-state index in [-0.39, 0.29) is 42.4 Å². The Balaban J connectivity index is 1.62. The molecular formula is C20H20F2N4O3S. The Kier molecular flexibility index (Phi) is 5.70. The summed E-state index contributed by atoms with van der Waals surface area (Å²) in [6, 6.07) is 4.55. The average molecular weight is 434 g/mol. The van der Waals surface area contributed by atoms with Crippen molar-refractivity contribution in [2.75, 3.05) is 19.2 Å². The number of nitrogens with zero attached hydrogens (tertiary/aromatic N) is 3. The summed E-state index contributed by atoms with van der Waals surface area (Å²) in [5, 5.41) is 0.399. The van der Waals surface area contributed by atoms with Gasteiger partial charge in [-0.25, -0.2) is 23.7 Å². The zero-order valence-corrected chi connectivity index (χ0v) is 17.0. The summed E-state index contributed by atoms with van der Waals surface area (Å²) in [4.78, 5) is 25.0. The molecule has 10 heteroatoms. The van der Waals surface area contributed by atoms with E-state index < -0.39 is 18.2 Å². The summed E-state index contributed by atoms with van der Waals surface area (Å²) >= 11 is 1.44. The number of carbonyl (C=O) groups is 1. The molecule has 0 bridgehead atoms. The molecule has 158 valence electrons. The Labute approximate surface area is 176 Å². The fourth-order valence-corrected chi connectivity index (χ4v) is 5.01. The number of thioether (sulfide) groups is 1. The number of ketones is 1. The van der Waals surface area contributed by atoms with Crippen LogP contribution in [-0.4, -0.2) is 46.2 Å². The van der Waals surface area contributed by atoms with Crippen LogP contribution in [0.25, 0.3) is 0 Å². The van der Waals surface area contributed by atoms with E-state index >= 15 is 0 Å². The number of rotatable bonds is 6. The highest BCUT2D eigenvalue weighted by Gasteiger charge is 2.52. The number of benzene rings is 1. The van der Waals surface area contributed by atoms with Crippen molar-refractivity contribution in [3.05, 3.63) is 53.2 Å². The summed E-state index contributed by atoms with van der Waals surface area (Å²) in [5.74, 6) is -0.0699. The molecule has 4 rings (SSSR count). The largest absolute Gasteiger partial charge is 0.445 e. The number of aromatic nitrogens is 2. The minimum Gasteiger partial charge on any atom is -0.445 e. The molecule has 30 heavy (non-hydrogen) atoms. The van der Waals surface area contributed by atoms with Gasteiger partial charge in [-0.2, -0.15) is 0 Å². The van der Waals surface area contributed by atoms with E-state index in [1.165, 1.54) is 30.2 Å². The lowest BCUT2D eigenvalue weighted by Gasteiger charge is -2.35. The maximum Gasteiger partial charge on any atom is 0.234 e. The van der Waals surface area contributed by atoms with Crippen molar-refractivity contribution in [1.29, 1.82) is 0 Å². The third kappa shape index (κ3) is 3.77. The minimum absolute atomic E-state index is 0.00359. The molecule has 0 unspecified atom stereocenters. The van der Waals surface area contributed by atoms with Crippen LogP contribution in [0.2, 0.25) is 0 Å². The van der Waals surface area contributed by atoms with Crippen LogP contribution in [0, 0.1) is 11.7 Å². The third-order valence-electron chi connectivity index (χ3n) is 5.44. The maximum atomic E-state index is 14.9. The molecule has 1 aromatic carbocycles. The van der Waals surface area contributed by atoms with E-state index in [1.807, 2.05) is 6.92 Å². The number of amidine groups is 1. The molecule has 1 fully saturated rings. The van der Waals surface area contributed by atoms with Crippen molar-refractivity contribution in [2.24, 2.45) is 16.6 Å². The second-order valence-corrected chi connectivity index (χ2v) is 8.26. The maximum absolute atomic E-state index is 14.9. The quantitative estimate of drug-likeness (QED) is 0.698. The standard InChI is InChI=1S/C20H20F2N4O3S/c1-11-14-8-30-19(23)26-20(14,9-28-11)13-4-12(2-3-15(13)22)5-17(27)16-6-25-18(7-24-16)29-10-21/h2-4,6-7,11,14H,5,8-10H2,1H3,(H2,23,26)/t11-,14-,20-/m1/s1. The van der Waals surface area contributed by atoms with Crippen LogP contribution in [0.4, 0.5) is 8.78 Å². The molecular weight excluding hydrogens is 414 g/mol. The van der Waals surface area contributed by atoms with E-state index in [9.17, 15) is 13.6 Å². The molecule has 2 aliphatic rings. The van der Waals surface area contributed by atoms with Crippen molar-refractivity contribution in [3.8, 4) is 5.88 Å². The molecule has 0 radical (unpaired) electrons. The molecule has 3 atom stereocenters. The van der Waals surface area contributed by atoms with Crippen LogP contribution in [-0.2, 0) is 16.7 Å². The number of Topliss-reactive ketones (excluding diaryl/α,β-unsaturated/α-hetero) is 1. The monoisotopic (exact) mass is 434 g/mol. The van der Waals surface area contributed by atoms with Gasteiger partial charge in [-0.05, 0) is 24.6 Å². The van der Waals surface area contributed by atoms with Gasteiger partial charge in [0.2, 0.25) is 12.7 Å². The normalized spacial score (nSPS) is 25.5. The van der Waals surface area contributed by atoms with Gasteiger partial charge in [-0.1, -0.05) is 17.8 Å². The number of aliphatic imine (C=N–C) groups is 1. The number of ether oxygens (including phenoxy) is 2. The van der Waals surface area contributed by atoms with Gasteiger partial charge in [0.15, 0.2) is 11.0 Å². The van der Waals surface area contributed by atoms with E-state index in [0.717, 1.165) is 0 Å². The van der Waals surface area contributed by atoms with Crippen LogP contribution in [0.5, 0.6) is 5.88 Å². The van der Waals surface area contributed by atoms with E-state index in [1.54, 1.807) is 12.1 Å². The third-order valence-corrected chi connectivity index (χ3v) is 6.36. The van der Waals surface area contributed by atoms with Crippen LogP contribution in [0.1, 0.15) is 28.5 Å². The van der Waals surface area contributed by atoms with Gasteiger partial charge in [0, 0.05) is 23.7 Å². The van der Waals surface area contributed by atoms with Gasteiger partial charge >= 0.3 is 0 Å². The van der Waals surface area contributed by atoms with E-state index in [0.29, 0.717) is 22.0 Å². The first-order valence-corrected chi connectivity index (χ1v) is 10.3. The highest BCUT2D eigenvalue weighted by molar-refractivity contribution is 8.13. The van der Waals surface area contributed by atoms with Gasteiger partial charge in [0.25, 0.3) is 0 Å². The van der Waals surface area contributed by atoms with Gasteiger partial charge < -0.3 is 15.2 Å². The number of fused-ring (bicyclic) bond motifs is 1. The number of nitrogens with two attached hydrogens (primary N) is 1. The molecule has 0 saturated carbocycles. The van der Waals surface area contributed by atoms with E-state index in [4.69, 9.17) is 10.5 Å². The molecule has 0 aliphatic carbocycles. The zero-order valence-electron chi connectivity index (χ0n) is 16.2. The number of halogens is 2. The number of hydrogen-bond acceptors (Lipinski definition) is 8. The Hall–Kier alpha value is -2.59. The van der Waals surface area contributed by atoms with E-state index in [2.05, 4.69) is 19.7 Å². The number of hydrogen-bond donors (Lipinski definition) is 1. The number of alkyl halides is 1. The fourth-order valence-electron chi connectivity index (χ4n) is 3.88. The second kappa shape index (κ2) is 8.27. The highest BCUT2D eigenvalue weighted by Crippen LogP contribution is 2.48. The summed E-state index contributed by atoms with van der Waals surface area (Å²) in [6.45, 7) is 1.15. The van der Waals surface area contributed by atoms with Crippen LogP contribution in [0.3, 0.4) is 0 Å². The Morgan fingerprint density at radius 3 is 2.97 bits per heavy atom. The SMILES string of the molecule is C[C@H]1OC[C@]2(c3cc(CC(=O)c4cnc(OCF)cn4)ccc3F)N=C(N)SC[C@H]12. The average Bonchev–Trinajstić information content (AvgIpc) is 3.07. The number of carbonyl (C=O) groups excluding carboxylic acids is 1. The van der Waals surface area contributed by atoms with Crippen LogP contribution in [0.15, 0.2) is 35.6 Å². The first-order chi connectivity index (χ1) is 14.4. The molecule has 1 saturated heterocycles. The summed E-state index contributed by atoms with van der Waals surface area (Å²) < 4.78 is 37.5. The fraction of sp³-hybridized carbons (Fsp3) is 0.400. The topological polar surface area (TPSA) is 99.7 Å². The molecule has 0 spiro atoms. The summed E-state index contributed by atoms with van der Waals surface area (Å²) in [5.41, 5.74) is 6.17. The van der Waals surface area contributed by atoms with Gasteiger partial charge in [0.05, 0.1) is 25.1 Å². The lowest BCUT2D eigenvalue weighted by atomic mass is 9.78. The molecule has 0 amide bonds. The van der Waals surface area contributed by atoms with Crippen molar-refractivity contribution in [3.63, 3.8) is 0 Å². The van der Waals surface area contributed by atoms with Crippen molar-refractivity contribution < 1.29 is 23.0 Å². The lowest BCUT2D eigenvalue weighted by molar-refractivity contribution is 0.0987. The molecule has 3 heterocycles. The first kappa shape index (κ1) is 20.7. The Morgan fingerprint density at radius 1 is 1.40 bits per heavy atom.